The number of benzene rings is 2. The maximum absolute atomic E-state index is 13.2. The number of rotatable bonds is 10. The monoisotopic (exact) mass is 493 g/mol. The predicted molar refractivity (Wildman–Crippen MR) is 139 cm³/mol. The highest BCUT2D eigenvalue weighted by Gasteiger charge is 2.16. The van der Waals surface area contributed by atoms with Gasteiger partial charge in [-0.05, 0) is 42.8 Å². The smallest absolute Gasteiger partial charge is 0.272 e. The Morgan fingerprint density at radius 3 is 2.71 bits per heavy atom. The van der Waals surface area contributed by atoms with E-state index in [9.17, 15) is 9.59 Å². The van der Waals surface area contributed by atoms with Gasteiger partial charge < -0.3 is 10.1 Å². The van der Waals surface area contributed by atoms with Crippen LogP contribution in [0.3, 0.4) is 0 Å². The standard InChI is InChI=1S/C26H27N3O3S2/c1-18(12-13-19-8-4-3-5-9-19)27-23(30)17-34-26-28-21-14-15-33-24(21)25(31)29(26)16-20-10-6-7-11-22(20)32-2/h3-11,14-15,18H,12-13,16-17H2,1-2H3,(H,27,30). The molecule has 2 aromatic carbocycles. The third-order valence-corrected chi connectivity index (χ3v) is 7.37. The Kier molecular flexibility index (Phi) is 8.03. The van der Waals surface area contributed by atoms with Crippen LogP contribution in [0.1, 0.15) is 24.5 Å². The van der Waals surface area contributed by atoms with Gasteiger partial charge >= 0.3 is 0 Å². The van der Waals surface area contributed by atoms with Crippen molar-refractivity contribution < 1.29 is 9.53 Å². The van der Waals surface area contributed by atoms with E-state index in [1.807, 2.05) is 60.8 Å². The minimum atomic E-state index is -0.106. The number of amides is 1. The third kappa shape index (κ3) is 5.87. The molecule has 1 unspecified atom stereocenters. The first-order chi connectivity index (χ1) is 16.5. The van der Waals surface area contributed by atoms with Gasteiger partial charge in [0, 0.05) is 11.6 Å². The van der Waals surface area contributed by atoms with Crippen molar-refractivity contribution in [1.82, 2.24) is 14.9 Å². The van der Waals surface area contributed by atoms with Crippen molar-refractivity contribution in [1.29, 1.82) is 0 Å². The van der Waals surface area contributed by atoms with Gasteiger partial charge in [-0.1, -0.05) is 60.3 Å². The second-order valence-corrected chi connectivity index (χ2v) is 9.87. The summed E-state index contributed by atoms with van der Waals surface area (Å²) in [6.45, 7) is 2.33. The molecular weight excluding hydrogens is 466 g/mol. The Bertz CT molecular complexity index is 1320. The summed E-state index contributed by atoms with van der Waals surface area (Å²) in [5.74, 6) is 0.819. The zero-order chi connectivity index (χ0) is 23.9. The second-order valence-electron chi connectivity index (χ2n) is 8.01. The Balaban J connectivity index is 1.46. The number of carbonyl (C=O) groups excluding carboxylic acids is 1. The molecule has 0 aliphatic heterocycles. The first-order valence-electron chi connectivity index (χ1n) is 11.1. The van der Waals surface area contributed by atoms with E-state index in [4.69, 9.17) is 9.72 Å². The minimum Gasteiger partial charge on any atom is -0.496 e. The van der Waals surface area contributed by atoms with E-state index in [2.05, 4.69) is 17.4 Å². The maximum Gasteiger partial charge on any atom is 0.272 e. The van der Waals surface area contributed by atoms with Gasteiger partial charge in [0.15, 0.2) is 5.16 Å². The number of thiophene rings is 1. The number of para-hydroxylation sites is 1. The van der Waals surface area contributed by atoms with Crippen LogP contribution < -0.4 is 15.6 Å². The normalized spacial score (nSPS) is 11.9. The predicted octanol–water partition coefficient (Wildman–Crippen LogP) is 4.74. The van der Waals surface area contributed by atoms with E-state index in [1.54, 1.807) is 11.7 Å². The summed E-state index contributed by atoms with van der Waals surface area (Å²) in [4.78, 5) is 30.6. The number of nitrogens with one attached hydrogen (secondary N) is 1. The lowest BCUT2D eigenvalue weighted by atomic mass is 10.1. The number of ether oxygens (including phenoxy) is 1. The maximum atomic E-state index is 13.2. The van der Waals surface area contributed by atoms with Crippen LogP contribution in [0.25, 0.3) is 10.2 Å². The highest BCUT2D eigenvalue weighted by Crippen LogP contribution is 2.24. The topological polar surface area (TPSA) is 73.2 Å². The van der Waals surface area contributed by atoms with Crippen molar-refractivity contribution in [2.24, 2.45) is 0 Å². The first kappa shape index (κ1) is 24.0. The van der Waals surface area contributed by atoms with Crippen molar-refractivity contribution >= 4 is 39.2 Å². The highest BCUT2D eigenvalue weighted by atomic mass is 32.2. The molecule has 0 aliphatic carbocycles. The zero-order valence-corrected chi connectivity index (χ0v) is 20.8. The van der Waals surface area contributed by atoms with Gasteiger partial charge in [0.1, 0.15) is 10.4 Å². The van der Waals surface area contributed by atoms with Crippen LogP contribution in [-0.2, 0) is 17.8 Å². The van der Waals surface area contributed by atoms with Crippen LogP contribution >= 0.6 is 23.1 Å². The third-order valence-electron chi connectivity index (χ3n) is 5.50. The van der Waals surface area contributed by atoms with E-state index < -0.39 is 0 Å². The first-order valence-corrected chi connectivity index (χ1v) is 13.0. The second kappa shape index (κ2) is 11.4. The van der Waals surface area contributed by atoms with E-state index in [1.165, 1.54) is 28.7 Å². The molecule has 0 radical (unpaired) electrons. The van der Waals surface area contributed by atoms with Crippen molar-refractivity contribution in [2.45, 2.75) is 37.5 Å². The minimum absolute atomic E-state index is 0.0522. The van der Waals surface area contributed by atoms with Crippen molar-refractivity contribution in [3.8, 4) is 5.75 Å². The number of methoxy groups -OCH3 is 1. The fourth-order valence-electron chi connectivity index (χ4n) is 3.72. The molecule has 4 aromatic rings. The molecule has 2 heterocycles. The molecule has 0 bridgehead atoms. The largest absolute Gasteiger partial charge is 0.496 e. The molecule has 1 atom stereocenters. The van der Waals surface area contributed by atoms with Gasteiger partial charge in [-0.15, -0.1) is 11.3 Å². The zero-order valence-electron chi connectivity index (χ0n) is 19.2. The van der Waals surface area contributed by atoms with Crippen LogP contribution in [0.15, 0.2) is 76.0 Å². The van der Waals surface area contributed by atoms with Gasteiger partial charge in [0.05, 0.1) is 24.9 Å². The lowest BCUT2D eigenvalue weighted by Gasteiger charge is -2.16. The number of hydrogen-bond acceptors (Lipinski definition) is 6. The van der Waals surface area contributed by atoms with Crippen LogP contribution in [0.2, 0.25) is 0 Å². The fourth-order valence-corrected chi connectivity index (χ4v) is 5.31. The van der Waals surface area contributed by atoms with E-state index >= 15 is 0 Å². The summed E-state index contributed by atoms with van der Waals surface area (Å²) >= 11 is 2.66. The SMILES string of the molecule is COc1ccccc1Cn1c(SCC(=O)NC(C)CCc2ccccc2)nc2ccsc2c1=O. The van der Waals surface area contributed by atoms with E-state index in [0.717, 1.165) is 18.4 Å². The molecule has 6 nitrogen and oxygen atoms in total. The Labute approximate surface area is 207 Å². The molecule has 1 N–H and O–H groups in total. The van der Waals surface area contributed by atoms with Crippen LogP contribution in [0.5, 0.6) is 5.75 Å². The van der Waals surface area contributed by atoms with Gasteiger partial charge in [-0.3, -0.25) is 14.2 Å². The molecule has 0 saturated carbocycles. The summed E-state index contributed by atoms with van der Waals surface area (Å²) in [6, 6.07) is 19.7. The van der Waals surface area contributed by atoms with Gasteiger partial charge in [0.25, 0.3) is 5.56 Å². The molecule has 0 spiro atoms. The molecule has 176 valence electrons. The Morgan fingerprint density at radius 2 is 1.91 bits per heavy atom. The summed E-state index contributed by atoms with van der Waals surface area (Å²) in [7, 11) is 1.61. The number of hydrogen-bond donors (Lipinski definition) is 1. The van der Waals surface area contributed by atoms with Gasteiger partial charge in [0.2, 0.25) is 5.91 Å². The lowest BCUT2D eigenvalue weighted by Crippen LogP contribution is -2.34. The average molecular weight is 494 g/mol. The molecule has 0 saturated heterocycles. The molecule has 8 heteroatoms. The number of aromatic nitrogens is 2. The number of carbonyl (C=O) groups is 1. The lowest BCUT2D eigenvalue weighted by molar-refractivity contribution is -0.119. The number of aryl methyl sites for hydroxylation is 1. The fraction of sp³-hybridized carbons (Fsp3) is 0.269. The highest BCUT2D eigenvalue weighted by molar-refractivity contribution is 7.99. The van der Waals surface area contributed by atoms with Crippen LogP contribution in [0.4, 0.5) is 0 Å². The number of fused-ring (bicyclic) bond motifs is 1. The summed E-state index contributed by atoms with van der Waals surface area (Å²) in [6.07, 6.45) is 1.77. The number of thioether (sulfide) groups is 1. The summed E-state index contributed by atoms with van der Waals surface area (Å²) < 4.78 is 7.70. The van der Waals surface area contributed by atoms with E-state index in [0.29, 0.717) is 27.7 Å². The molecular formula is C26H27N3O3S2. The van der Waals surface area contributed by atoms with Crippen molar-refractivity contribution in [3.63, 3.8) is 0 Å². The van der Waals surface area contributed by atoms with E-state index in [-0.39, 0.29) is 23.3 Å². The summed E-state index contributed by atoms with van der Waals surface area (Å²) in [5, 5.41) is 5.45. The van der Waals surface area contributed by atoms with Crippen molar-refractivity contribution in [2.75, 3.05) is 12.9 Å². The Morgan fingerprint density at radius 1 is 1.15 bits per heavy atom. The molecule has 1 amide bonds. The summed E-state index contributed by atoms with van der Waals surface area (Å²) in [5.41, 5.74) is 2.69. The quantitative estimate of drug-likeness (QED) is 0.255. The van der Waals surface area contributed by atoms with Crippen LogP contribution in [0, 0.1) is 0 Å². The Hall–Kier alpha value is -3.10. The van der Waals surface area contributed by atoms with Crippen LogP contribution in [-0.4, -0.2) is 34.4 Å². The molecule has 2 aromatic heterocycles. The molecule has 0 aliphatic rings. The molecule has 34 heavy (non-hydrogen) atoms. The van der Waals surface area contributed by atoms with Gasteiger partial charge in [-0.25, -0.2) is 4.98 Å². The number of nitrogens with zero attached hydrogens (tertiary/aromatic N) is 2. The van der Waals surface area contributed by atoms with Gasteiger partial charge in [-0.2, -0.15) is 0 Å². The molecule has 4 rings (SSSR count). The average Bonchev–Trinajstić information content (AvgIpc) is 3.33. The van der Waals surface area contributed by atoms with Crippen molar-refractivity contribution in [3.05, 3.63) is 87.5 Å². The molecule has 0 fully saturated rings.